The molecule has 9 heteroatoms. The molecule has 0 bridgehead atoms. The Morgan fingerprint density at radius 1 is 0.818 bits per heavy atom. The average Bonchev–Trinajstić information content (AvgIpc) is 3.05. The number of hydrogen-bond donors (Lipinski definition) is 3. The first kappa shape index (κ1) is 32.9. The van der Waals surface area contributed by atoms with Crippen molar-refractivity contribution < 1.29 is 27.8 Å². The number of sulfone groups is 1. The van der Waals surface area contributed by atoms with Crippen LogP contribution < -0.4 is 15.4 Å². The summed E-state index contributed by atoms with van der Waals surface area (Å²) in [4.78, 5) is 13.9. The SMILES string of the molecule is COc1cccc(CNCC(O)C(Cc2ccccc2)NC(=O)C(CCS(=O)(=O)c2ccccc2)OCc2ccccc2)c1. The number of amides is 1. The van der Waals surface area contributed by atoms with Gasteiger partial charge in [0.15, 0.2) is 9.84 Å². The van der Waals surface area contributed by atoms with Crippen LogP contribution in [0.25, 0.3) is 0 Å². The van der Waals surface area contributed by atoms with Gasteiger partial charge in [-0.3, -0.25) is 4.79 Å². The summed E-state index contributed by atoms with van der Waals surface area (Å²) in [5.74, 6) is 0.00426. The molecule has 232 valence electrons. The molecule has 1 amide bonds. The Morgan fingerprint density at radius 3 is 2.09 bits per heavy atom. The molecular formula is C35H40N2O6S. The number of benzene rings is 4. The van der Waals surface area contributed by atoms with Gasteiger partial charge in [0, 0.05) is 13.1 Å². The first-order valence-corrected chi connectivity index (χ1v) is 16.3. The first-order valence-electron chi connectivity index (χ1n) is 14.6. The van der Waals surface area contributed by atoms with E-state index >= 15 is 0 Å². The lowest BCUT2D eigenvalue weighted by atomic mass is 10.0. The van der Waals surface area contributed by atoms with E-state index in [2.05, 4.69) is 10.6 Å². The largest absolute Gasteiger partial charge is 0.497 e. The molecule has 3 unspecified atom stereocenters. The maximum absolute atomic E-state index is 13.7. The third-order valence-electron chi connectivity index (χ3n) is 7.24. The molecule has 0 aliphatic heterocycles. The van der Waals surface area contributed by atoms with Crippen LogP contribution in [0.15, 0.2) is 120 Å². The number of aliphatic hydroxyl groups excluding tert-OH is 1. The number of hydrogen-bond acceptors (Lipinski definition) is 7. The summed E-state index contributed by atoms with van der Waals surface area (Å²) in [6, 6.07) is 34.1. The molecule has 3 atom stereocenters. The molecule has 0 aliphatic carbocycles. The van der Waals surface area contributed by atoms with E-state index in [1.165, 1.54) is 0 Å². The Bertz CT molecular complexity index is 1540. The van der Waals surface area contributed by atoms with Gasteiger partial charge in [-0.15, -0.1) is 0 Å². The van der Waals surface area contributed by atoms with E-state index in [1.807, 2.05) is 84.9 Å². The standard InChI is InChI=1S/C35H40N2O6S/c1-42-30-17-11-16-29(22-30)24-36-25-33(38)32(23-27-12-5-2-6-13-27)37-35(39)34(43-26-28-14-7-3-8-15-28)20-21-44(40,41)31-18-9-4-10-19-31/h2-19,22,32-34,36,38H,20-21,23-26H2,1H3,(H,37,39). The van der Waals surface area contributed by atoms with Crippen LogP contribution in [-0.4, -0.2) is 57.1 Å². The fourth-order valence-corrected chi connectivity index (χ4v) is 6.12. The van der Waals surface area contributed by atoms with Gasteiger partial charge in [0.2, 0.25) is 5.91 Å². The third-order valence-corrected chi connectivity index (χ3v) is 9.01. The van der Waals surface area contributed by atoms with Crippen molar-refractivity contribution >= 4 is 15.7 Å². The Balaban J connectivity index is 1.47. The molecular weight excluding hydrogens is 576 g/mol. The molecule has 0 heterocycles. The van der Waals surface area contributed by atoms with Gasteiger partial charge in [-0.25, -0.2) is 8.42 Å². The number of rotatable bonds is 17. The van der Waals surface area contributed by atoms with Gasteiger partial charge in [-0.1, -0.05) is 91.0 Å². The molecule has 0 saturated carbocycles. The molecule has 4 aromatic carbocycles. The highest BCUT2D eigenvalue weighted by atomic mass is 32.2. The van der Waals surface area contributed by atoms with Crippen LogP contribution in [0.5, 0.6) is 5.75 Å². The summed E-state index contributed by atoms with van der Waals surface area (Å²) in [6.45, 7) is 0.853. The summed E-state index contributed by atoms with van der Waals surface area (Å²) in [6.07, 6.45) is -1.66. The molecule has 0 aliphatic rings. The normalized spacial score (nSPS) is 13.5. The zero-order valence-corrected chi connectivity index (χ0v) is 25.7. The van der Waals surface area contributed by atoms with Crippen LogP contribution in [0.4, 0.5) is 0 Å². The minimum Gasteiger partial charge on any atom is -0.497 e. The zero-order valence-electron chi connectivity index (χ0n) is 24.8. The molecule has 0 fully saturated rings. The van der Waals surface area contributed by atoms with Crippen molar-refractivity contribution in [3.05, 3.63) is 132 Å². The van der Waals surface area contributed by atoms with Crippen molar-refractivity contribution in [2.75, 3.05) is 19.4 Å². The lowest BCUT2D eigenvalue weighted by molar-refractivity contribution is -0.135. The Hall–Kier alpha value is -4.02. The lowest BCUT2D eigenvalue weighted by Gasteiger charge is -2.27. The van der Waals surface area contributed by atoms with E-state index in [-0.39, 0.29) is 30.2 Å². The average molecular weight is 617 g/mol. The molecule has 8 nitrogen and oxygen atoms in total. The van der Waals surface area contributed by atoms with Crippen molar-refractivity contribution in [3.8, 4) is 5.75 Å². The van der Waals surface area contributed by atoms with Gasteiger partial charge in [-0.2, -0.15) is 0 Å². The number of methoxy groups -OCH3 is 1. The number of carbonyl (C=O) groups is 1. The van der Waals surface area contributed by atoms with Crippen LogP contribution in [0.2, 0.25) is 0 Å². The van der Waals surface area contributed by atoms with Crippen molar-refractivity contribution in [1.29, 1.82) is 0 Å². The van der Waals surface area contributed by atoms with Gasteiger partial charge in [0.1, 0.15) is 11.9 Å². The third kappa shape index (κ3) is 10.3. The molecule has 4 aromatic rings. The molecule has 0 spiro atoms. The highest BCUT2D eigenvalue weighted by molar-refractivity contribution is 7.91. The minimum absolute atomic E-state index is 0.0435. The number of nitrogens with one attached hydrogen (secondary N) is 2. The number of aliphatic hydroxyl groups is 1. The van der Waals surface area contributed by atoms with Crippen molar-refractivity contribution in [2.45, 2.75) is 49.1 Å². The maximum Gasteiger partial charge on any atom is 0.249 e. The Morgan fingerprint density at radius 2 is 1.43 bits per heavy atom. The quantitative estimate of drug-likeness (QED) is 0.162. The number of carbonyl (C=O) groups excluding carboxylic acids is 1. The first-order chi connectivity index (χ1) is 21.3. The monoisotopic (exact) mass is 616 g/mol. The maximum atomic E-state index is 13.7. The predicted octanol–water partition coefficient (Wildman–Crippen LogP) is 4.32. The molecule has 0 aromatic heterocycles. The Labute approximate surface area is 260 Å². The van der Waals surface area contributed by atoms with Crippen LogP contribution >= 0.6 is 0 Å². The summed E-state index contributed by atoms with van der Waals surface area (Å²) in [5.41, 5.74) is 2.80. The molecule has 0 saturated heterocycles. The van der Waals surface area contributed by atoms with Crippen molar-refractivity contribution in [1.82, 2.24) is 10.6 Å². The fourth-order valence-electron chi connectivity index (χ4n) is 4.79. The summed E-state index contributed by atoms with van der Waals surface area (Å²) >= 11 is 0. The summed E-state index contributed by atoms with van der Waals surface area (Å²) in [5, 5.41) is 17.5. The van der Waals surface area contributed by atoms with E-state index < -0.39 is 34.0 Å². The summed E-state index contributed by atoms with van der Waals surface area (Å²) < 4.78 is 37.4. The molecule has 44 heavy (non-hydrogen) atoms. The van der Waals surface area contributed by atoms with Crippen molar-refractivity contribution in [3.63, 3.8) is 0 Å². The van der Waals surface area contributed by atoms with Gasteiger partial charge in [0.05, 0.1) is 36.5 Å². The van der Waals surface area contributed by atoms with E-state index in [1.54, 1.807) is 37.4 Å². The predicted molar refractivity (Wildman–Crippen MR) is 171 cm³/mol. The van der Waals surface area contributed by atoms with Crippen LogP contribution in [-0.2, 0) is 38.9 Å². The second-order valence-electron chi connectivity index (χ2n) is 10.6. The van der Waals surface area contributed by atoms with Gasteiger partial charge in [0.25, 0.3) is 0 Å². The van der Waals surface area contributed by atoms with Gasteiger partial charge >= 0.3 is 0 Å². The van der Waals surface area contributed by atoms with E-state index in [0.29, 0.717) is 13.0 Å². The van der Waals surface area contributed by atoms with E-state index in [0.717, 1.165) is 22.4 Å². The highest BCUT2D eigenvalue weighted by Gasteiger charge is 2.28. The van der Waals surface area contributed by atoms with Gasteiger partial charge in [-0.05, 0) is 53.8 Å². The minimum atomic E-state index is -3.64. The zero-order chi connectivity index (χ0) is 31.2. The topological polar surface area (TPSA) is 114 Å². The lowest BCUT2D eigenvalue weighted by Crippen LogP contribution is -2.51. The second kappa shape index (κ2) is 16.7. The van der Waals surface area contributed by atoms with Crippen LogP contribution in [0, 0.1) is 0 Å². The van der Waals surface area contributed by atoms with Crippen LogP contribution in [0.3, 0.4) is 0 Å². The number of ether oxygens (including phenoxy) is 2. The molecule has 0 radical (unpaired) electrons. The highest BCUT2D eigenvalue weighted by Crippen LogP contribution is 2.16. The van der Waals surface area contributed by atoms with Gasteiger partial charge < -0.3 is 25.2 Å². The second-order valence-corrected chi connectivity index (χ2v) is 12.7. The van der Waals surface area contributed by atoms with Crippen LogP contribution in [0.1, 0.15) is 23.1 Å². The smallest absolute Gasteiger partial charge is 0.249 e. The summed E-state index contributed by atoms with van der Waals surface area (Å²) in [7, 11) is -2.02. The van der Waals surface area contributed by atoms with E-state index in [9.17, 15) is 18.3 Å². The Kier molecular flexibility index (Phi) is 12.5. The van der Waals surface area contributed by atoms with Crippen molar-refractivity contribution in [2.24, 2.45) is 0 Å². The van der Waals surface area contributed by atoms with E-state index in [4.69, 9.17) is 9.47 Å². The fraction of sp³-hybridized carbons (Fsp3) is 0.286. The molecule has 4 rings (SSSR count). The molecule has 3 N–H and O–H groups in total.